The predicted octanol–water partition coefficient (Wildman–Crippen LogP) is 2.91. The van der Waals surface area contributed by atoms with Crippen molar-refractivity contribution in [3.63, 3.8) is 0 Å². The van der Waals surface area contributed by atoms with Crippen molar-refractivity contribution in [1.82, 2.24) is 0 Å². The van der Waals surface area contributed by atoms with E-state index in [0.717, 1.165) is 18.4 Å². The minimum absolute atomic E-state index is 0.00497. The van der Waals surface area contributed by atoms with Crippen LogP contribution < -0.4 is 5.32 Å². The molecule has 0 spiro atoms. The van der Waals surface area contributed by atoms with Crippen molar-refractivity contribution in [2.24, 2.45) is 11.8 Å². The van der Waals surface area contributed by atoms with Gasteiger partial charge in [-0.2, -0.15) is 0 Å². The van der Waals surface area contributed by atoms with E-state index >= 15 is 0 Å². The molecule has 0 saturated heterocycles. The zero-order valence-electron chi connectivity index (χ0n) is 13.8. The number of hydrogen-bond donors (Lipinski definition) is 1. The van der Waals surface area contributed by atoms with Gasteiger partial charge < -0.3 is 10.1 Å². The van der Waals surface area contributed by atoms with Crippen LogP contribution in [0, 0.1) is 11.8 Å². The maximum Gasteiger partial charge on any atom is 0.316 e. The standard InChI is InChI=1S/C18H23NO4/c1-4-5-13-10-15(16(17(13)21)18(22)23-3)12-6-8-14(9-7-12)19-11(2)20/h6-9,13,15-16H,4-5,10H2,1-3H3,(H,19,20)/t13?,15-,16-/m1/s1. The number of ketones is 1. The fourth-order valence-corrected chi connectivity index (χ4v) is 3.37. The van der Waals surface area contributed by atoms with E-state index in [2.05, 4.69) is 5.32 Å². The summed E-state index contributed by atoms with van der Waals surface area (Å²) in [5.41, 5.74) is 1.63. The molecule has 1 N–H and O–H groups in total. The van der Waals surface area contributed by atoms with Crippen LogP contribution >= 0.6 is 0 Å². The second-order valence-electron chi connectivity index (χ2n) is 6.03. The topological polar surface area (TPSA) is 72.5 Å². The number of rotatable bonds is 5. The molecule has 5 nitrogen and oxygen atoms in total. The molecule has 1 aromatic carbocycles. The molecule has 1 unspecified atom stereocenters. The average Bonchev–Trinajstić information content (AvgIpc) is 2.84. The number of carbonyl (C=O) groups excluding carboxylic acids is 3. The maximum absolute atomic E-state index is 12.5. The lowest BCUT2D eigenvalue weighted by Gasteiger charge is -2.17. The Morgan fingerprint density at radius 3 is 2.43 bits per heavy atom. The summed E-state index contributed by atoms with van der Waals surface area (Å²) in [4.78, 5) is 35.7. The van der Waals surface area contributed by atoms with Crippen LogP contribution in [0.1, 0.15) is 44.6 Å². The van der Waals surface area contributed by atoms with Crippen LogP contribution in [0.25, 0.3) is 0 Å². The fourth-order valence-electron chi connectivity index (χ4n) is 3.37. The minimum Gasteiger partial charge on any atom is -0.468 e. The largest absolute Gasteiger partial charge is 0.468 e. The third-order valence-corrected chi connectivity index (χ3v) is 4.40. The zero-order valence-corrected chi connectivity index (χ0v) is 13.8. The van der Waals surface area contributed by atoms with Crippen LogP contribution in [-0.4, -0.2) is 24.8 Å². The highest BCUT2D eigenvalue weighted by atomic mass is 16.5. The van der Waals surface area contributed by atoms with Gasteiger partial charge in [0, 0.05) is 24.4 Å². The molecule has 3 atom stereocenters. The van der Waals surface area contributed by atoms with Crippen molar-refractivity contribution in [3.05, 3.63) is 29.8 Å². The third kappa shape index (κ3) is 3.78. The van der Waals surface area contributed by atoms with Gasteiger partial charge in [-0.15, -0.1) is 0 Å². The molecule has 0 bridgehead atoms. The van der Waals surface area contributed by atoms with Gasteiger partial charge in [0.05, 0.1) is 7.11 Å². The molecule has 1 amide bonds. The lowest BCUT2D eigenvalue weighted by Crippen LogP contribution is -2.26. The van der Waals surface area contributed by atoms with Crippen molar-refractivity contribution in [1.29, 1.82) is 0 Å². The summed E-state index contributed by atoms with van der Waals surface area (Å²) in [6, 6.07) is 7.33. The second-order valence-corrected chi connectivity index (χ2v) is 6.03. The summed E-state index contributed by atoms with van der Waals surface area (Å²) in [7, 11) is 1.32. The van der Waals surface area contributed by atoms with E-state index in [1.165, 1.54) is 14.0 Å². The number of carbonyl (C=O) groups is 3. The van der Waals surface area contributed by atoms with E-state index < -0.39 is 11.9 Å². The monoisotopic (exact) mass is 317 g/mol. The number of Topliss-reactive ketones (excluding diaryl/α,β-unsaturated/α-hetero) is 1. The Kier molecular flexibility index (Phi) is 5.53. The van der Waals surface area contributed by atoms with Gasteiger partial charge in [0.2, 0.25) is 5.91 Å². The number of esters is 1. The van der Waals surface area contributed by atoms with Gasteiger partial charge in [-0.25, -0.2) is 0 Å². The van der Waals surface area contributed by atoms with Gasteiger partial charge in [0.25, 0.3) is 0 Å². The van der Waals surface area contributed by atoms with Crippen molar-refractivity contribution >= 4 is 23.3 Å². The molecule has 1 saturated carbocycles. The van der Waals surface area contributed by atoms with E-state index in [1.807, 2.05) is 19.1 Å². The van der Waals surface area contributed by atoms with E-state index in [-0.39, 0.29) is 23.5 Å². The molecule has 2 rings (SSSR count). The van der Waals surface area contributed by atoms with Crippen molar-refractivity contribution in [2.75, 3.05) is 12.4 Å². The molecule has 5 heteroatoms. The van der Waals surface area contributed by atoms with Gasteiger partial charge in [-0.1, -0.05) is 25.5 Å². The molecule has 124 valence electrons. The molecular formula is C18H23NO4. The lowest BCUT2D eigenvalue weighted by atomic mass is 9.88. The molecule has 23 heavy (non-hydrogen) atoms. The zero-order chi connectivity index (χ0) is 17.0. The van der Waals surface area contributed by atoms with Crippen LogP contribution in [0.2, 0.25) is 0 Å². The first-order valence-corrected chi connectivity index (χ1v) is 7.97. The first-order chi connectivity index (χ1) is 11.0. The van der Waals surface area contributed by atoms with Crippen LogP contribution in [0.5, 0.6) is 0 Å². The first kappa shape index (κ1) is 17.2. The Balaban J connectivity index is 2.25. The Hall–Kier alpha value is -2.17. The van der Waals surface area contributed by atoms with Crippen LogP contribution in [0.15, 0.2) is 24.3 Å². The van der Waals surface area contributed by atoms with Crippen molar-refractivity contribution in [3.8, 4) is 0 Å². The fraction of sp³-hybridized carbons (Fsp3) is 0.500. The number of benzene rings is 1. The Morgan fingerprint density at radius 1 is 1.26 bits per heavy atom. The number of amides is 1. The molecule has 1 aliphatic carbocycles. The summed E-state index contributed by atoms with van der Waals surface area (Å²) < 4.78 is 4.84. The highest BCUT2D eigenvalue weighted by molar-refractivity contribution is 6.03. The summed E-state index contributed by atoms with van der Waals surface area (Å²) >= 11 is 0. The summed E-state index contributed by atoms with van der Waals surface area (Å²) in [5, 5.41) is 2.71. The molecule has 1 aromatic rings. The van der Waals surface area contributed by atoms with E-state index in [4.69, 9.17) is 4.74 Å². The van der Waals surface area contributed by atoms with Gasteiger partial charge in [-0.3, -0.25) is 14.4 Å². The van der Waals surface area contributed by atoms with E-state index in [1.54, 1.807) is 12.1 Å². The predicted molar refractivity (Wildman–Crippen MR) is 87.0 cm³/mol. The summed E-state index contributed by atoms with van der Waals surface area (Å²) in [6.07, 6.45) is 2.39. The van der Waals surface area contributed by atoms with Crippen molar-refractivity contribution < 1.29 is 19.1 Å². The molecule has 0 radical (unpaired) electrons. The van der Waals surface area contributed by atoms with Gasteiger partial charge in [-0.05, 0) is 30.5 Å². The minimum atomic E-state index is -0.719. The molecule has 0 heterocycles. The summed E-state index contributed by atoms with van der Waals surface area (Å²) in [6.45, 7) is 3.49. The van der Waals surface area contributed by atoms with Gasteiger partial charge >= 0.3 is 5.97 Å². The normalized spacial score (nSPS) is 23.6. The summed E-state index contributed by atoms with van der Waals surface area (Å²) in [5.74, 6) is -1.55. The highest BCUT2D eigenvalue weighted by Crippen LogP contribution is 2.43. The smallest absolute Gasteiger partial charge is 0.316 e. The highest BCUT2D eigenvalue weighted by Gasteiger charge is 2.46. The first-order valence-electron chi connectivity index (χ1n) is 7.97. The second kappa shape index (κ2) is 7.40. The molecule has 0 aromatic heterocycles. The van der Waals surface area contributed by atoms with Crippen molar-refractivity contribution in [2.45, 2.75) is 39.0 Å². The van der Waals surface area contributed by atoms with Gasteiger partial charge in [0.15, 0.2) is 5.78 Å². The molecule has 1 fully saturated rings. The average molecular weight is 317 g/mol. The quantitative estimate of drug-likeness (QED) is 0.669. The Bertz CT molecular complexity index is 594. The maximum atomic E-state index is 12.5. The Morgan fingerprint density at radius 2 is 1.91 bits per heavy atom. The van der Waals surface area contributed by atoms with Crippen LogP contribution in [0.3, 0.4) is 0 Å². The van der Waals surface area contributed by atoms with E-state index in [0.29, 0.717) is 12.1 Å². The third-order valence-electron chi connectivity index (χ3n) is 4.40. The number of methoxy groups -OCH3 is 1. The molecular weight excluding hydrogens is 294 g/mol. The SMILES string of the molecule is CCCC1C[C@H](c2ccc(NC(C)=O)cc2)[C@@H](C(=O)OC)C1=O. The van der Waals surface area contributed by atoms with Crippen LogP contribution in [0.4, 0.5) is 5.69 Å². The number of ether oxygens (including phenoxy) is 1. The molecule has 0 aliphatic heterocycles. The van der Waals surface area contributed by atoms with E-state index in [9.17, 15) is 14.4 Å². The molecule has 1 aliphatic rings. The number of nitrogens with one attached hydrogen (secondary N) is 1. The number of anilines is 1. The lowest BCUT2D eigenvalue weighted by molar-refractivity contribution is -0.149. The van der Waals surface area contributed by atoms with Crippen LogP contribution in [-0.2, 0) is 19.1 Å². The number of hydrogen-bond acceptors (Lipinski definition) is 4. The van der Waals surface area contributed by atoms with Gasteiger partial charge in [0.1, 0.15) is 5.92 Å². The Labute approximate surface area is 136 Å².